The van der Waals surface area contributed by atoms with E-state index in [0.29, 0.717) is 41.3 Å². The molecule has 2 heterocycles. The lowest BCUT2D eigenvalue weighted by atomic mass is 9.68. The molecule has 2 aliphatic rings. The number of dihydropyridines is 1. The van der Waals surface area contributed by atoms with Crippen molar-refractivity contribution in [3.63, 3.8) is 0 Å². The number of benzene rings is 1. The number of nitrogens with zero attached hydrogens (tertiary/aromatic N) is 1. The minimum absolute atomic E-state index is 0.0293. The summed E-state index contributed by atoms with van der Waals surface area (Å²) in [6, 6.07) is 6.53. The molecular formula is C24H23F2N3O2. The zero-order valence-corrected chi connectivity index (χ0v) is 17.6. The van der Waals surface area contributed by atoms with Crippen LogP contribution in [0.4, 0.5) is 14.5 Å². The molecule has 0 fully saturated rings. The van der Waals surface area contributed by atoms with Crippen LogP contribution in [0.2, 0.25) is 0 Å². The van der Waals surface area contributed by atoms with E-state index < -0.39 is 23.5 Å². The quantitative estimate of drug-likeness (QED) is 0.757. The van der Waals surface area contributed by atoms with E-state index >= 15 is 0 Å². The van der Waals surface area contributed by atoms with Gasteiger partial charge in [0, 0.05) is 53.3 Å². The highest BCUT2D eigenvalue weighted by Crippen LogP contribution is 2.46. The Morgan fingerprint density at radius 3 is 2.68 bits per heavy atom. The van der Waals surface area contributed by atoms with Crippen LogP contribution in [0.5, 0.6) is 0 Å². The van der Waals surface area contributed by atoms with Gasteiger partial charge in [0.05, 0.1) is 5.69 Å². The predicted octanol–water partition coefficient (Wildman–Crippen LogP) is 4.60. The number of hydrogen-bond donors (Lipinski definition) is 2. The number of carbonyl (C=O) groups excluding carboxylic acids is 2. The van der Waals surface area contributed by atoms with Gasteiger partial charge in [0.2, 0.25) is 0 Å². The highest BCUT2D eigenvalue weighted by Gasteiger charge is 2.42. The Morgan fingerprint density at radius 1 is 1.23 bits per heavy atom. The molecule has 31 heavy (non-hydrogen) atoms. The number of carbonyl (C=O) groups is 2. The number of nitrogens with one attached hydrogen (secondary N) is 2. The second-order valence-corrected chi connectivity index (χ2v) is 8.79. The van der Waals surface area contributed by atoms with Crippen molar-refractivity contribution >= 4 is 17.4 Å². The van der Waals surface area contributed by atoms with Gasteiger partial charge in [-0.15, -0.1) is 0 Å². The van der Waals surface area contributed by atoms with E-state index in [2.05, 4.69) is 15.6 Å². The molecule has 2 N–H and O–H groups in total. The number of pyridine rings is 1. The van der Waals surface area contributed by atoms with Crippen molar-refractivity contribution in [2.24, 2.45) is 5.41 Å². The molecule has 0 saturated carbocycles. The topological polar surface area (TPSA) is 71.1 Å². The van der Waals surface area contributed by atoms with Crippen LogP contribution in [-0.4, -0.2) is 16.7 Å². The Morgan fingerprint density at radius 2 is 2.00 bits per heavy atom. The Hall–Kier alpha value is -3.35. The van der Waals surface area contributed by atoms with Crippen LogP contribution in [0.3, 0.4) is 0 Å². The summed E-state index contributed by atoms with van der Waals surface area (Å²) in [5, 5.41) is 5.78. The molecule has 1 aromatic carbocycles. The normalized spacial score (nSPS) is 20.3. The van der Waals surface area contributed by atoms with Crippen LogP contribution in [-0.2, 0) is 9.59 Å². The van der Waals surface area contributed by atoms with E-state index in [-0.39, 0.29) is 16.9 Å². The molecule has 4 rings (SSSR count). The summed E-state index contributed by atoms with van der Waals surface area (Å²) >= 11 is 0. The Labute approximate surface area is 179 Å². The molecule has 160 valence electrons. The summed E-state index contributed by atoms with van der Waals surface area (Å²) in [6.45, 7) is 5.83. The summed E-state index contributed by atoms with van der Waals surface area (Å²) in [5.74, 6) is -2.82. The lowest BCUT2D eigenvalue weighted by Gasteiger charge is -2.39. The first-order valence-corrected chi connectivity index (χ1v) is 10.1. The largest absolute Gasteiger partial charge is 0.362 e. The smallest absolute Gasteiger partial charge is 0.254 e. The molecule has 1 aliphatic heterocycles. The van der Waals surface area contributed by atoms with E-state index in [4.69, 9.17) is 0 Å². The van der Waals surface area contributed by atoms with Crippen LogP contribution in [0.25, 0.3) is 0 Å². The zero-order chi connectivity index (χ0) is 22.3. The molecule has 1 aromatic heterocycles. The van der Waals surface area contributed by atoms with E-state index in [1.807, 2.05) is 19.9 Å². The van der Waals surface area contributed by atoms with Crippen molar-refractivity contribution in [1.82, 2.24) is 10.3 Å². The van der Waals surface area contributed by atoms with Gasteiger partial charge in [-0.25, -0.2) is 8.78 Å². The van der Waals surface area contributed by atoms with Gasteiger partial charge in [-0.2, -0.15) is 0 Å². The maximum Gasteiger partial charge on any atom is 0.254 e. The van der Waals surface area contributed by atoms with Gasteiger partial charge >= 0.3 is 0 Å². The molecule has 0 radical (unpaired) electrons. The van der Waals surface area contributed by atoms with Gasteiger partial charge < -0.3 is 10.6 Å². The molecule has 7 heteroatoms. The number of Topliss-reactive ketones (excluding diaryl/α,β-unsaturated/α-hetero) is 1. The number of halogens is 2. The minimum Gasteiger partial charge on any atom is -0.362 e. The highest BCUT2D eigenvalue weighted by atomic mass is 19.1. The van der Waals surface area contributed by atoms with Gasteiger partial charge in [-0.1, -0.05) is 19.9 Å². The number of rotatable bonds is 3. The Balaban J connectivity index is 1.79. The number of amides is 1. The maximum absolute atomic E-state index is 14.2. The Kier molecular flexibility index (Phi) is 5.21. The first kappa shape index (κ1) is 20.9. The Bertz CT molecular complexity index is 1140. The molecule has 1 atom stereocenters. The molecule has 1 aliphatic carbocycles. The second kappa shape index (κ2) is 7.72. The standard InChI is InChI=1S/C24H23F2N3O2/c1-13-20(23(31)29-17-7-6-15(25)9-16(17)26)21(14-5-4-8-27-12-14)22-18(28-13)10-24(2,3)11-19(22)30/h4-9,12,21,28H,10-11H2,1-3H3,(H,29,31)/t21-/m0/s1. The number of anilines is 1. The fraction of sp³-hybridized carbons (Fsp3) is 0.292. The molecule has 1 amide bonds. The maximum atomic E-state index is 14.2. The number of allylic oxidation sites excluding steroid dienone is 3. The molecule has 0 saturated heterocycles. The van der Waals surface area contributed by atoms with E-state index in [1.165, 1.54) is 6.07 Å². The van der Waals surface area contributed by atoms with E-state index in [1.54, 1.807) is 25.4 Å². The SMILES string of the molecule is CC1=C(C(=O)Nc2ccc(F)cc2F)[C@H](c2cccnc2)C2=C(CC(C)(C)CC2=O)N1. The van der Waals surface area contributed by atoms with E-state index in [9.17, 15) is 18.4 Å². The monoisotopic (exact) mass is 423 g/mol. The highest BCUT2D eigenvalue weighted by molar-refractivity contribution is 6.10. The molecule has 0 bridgehead atoms. The van der Waals surface area contributed by atoms with Gasteiger partial charge in [0.15, 0.2) is 5.78 Å². The van der Waals surface area contributed by atoms with Crippen molar-refractivity contribution < 1.29 is 18.4 Å². The van der Waals surface area contributed by atoms with Crippen LogP contribution in [0, 0.1) is 17.0 Å². The molecular weight excluding hydrogens is 400 g/mol. The molecule has 0 unspecified atom stereocenters. The average molecular weight is 423 g/mol. The zero-order valence-electron chi connectivity index (χ0n) is 17.6. The fourth-order valence-corrected chi connectivity index (χ4v) is 4.40. The van der Waals surface area contributed by atoms with Crippen molar-refractivity contribution in [3.8, 4) is 0 Å². The summed E-state index contributed by atoms with van der Waals surface area (Å²) in [4.78, 5) is 30.6. The van der Waals surface area contributed by atoms with Crippen LogP contribution in [0.1, 0.15) is 45.1 Å². The van der Waals surface area contributed by atoms with E-state index in [0.717, 1.165) is 11.8 Å². The first-order valence-electron chi connectivity index (χ1n) is 10.1. The molecule has 5 nitrogen and oxygen atoms in total. The lowest BCUT2D eigenvalue weighted by molar-refractivity contribution is -0.118. The third-order valence-corrected chi connectivity index (χ3v) is 5.68. The van der Waals surface area contributed by atoms with Crippen molar-refractivity contribution in [2.45, 2.75) is 39.5 Å². The number of ketones is 1. The summed E-state index contributed by atoms with van der Waals surface area (Å²) in [7, 11) is 0. The van der Waals surface area contributed by atoms with Crippen molar-refractivity contribution in [2.75, 3.05) is 5.32 Å². The molecule has 2 aromatic rings. The second-order valence-electron chi connectivity index (χ2n) is 8.79. The van der Waals surface area contributed by atoms with Crippen molar-refractivity contribution in [1.29, 1.82) is 0 Å². The number of aromatic nitrogens is 1. The van der Waals surface area contributed by atoms with Gasteiger partial charge in [-0.05, 0) is 42.5 Å². The predicted molar refractivity (Wildman–Crippen MR) is 113 cm³/mol. The minimum atomic E-state index is -0.872. The third-order valence-electron chi connectivity index (χ3n) is 5.68. The van der Waals surface area contributed by atoms with Crippen LogP contribution < -0.4 is 10.6 Å². The molecule has 0 spiro atoms. The average Bonchev–Trinajstić information content (AvgIpc) is 2.68. The number of hydrogen-bond acceptors (Lipinski definition) is 4. The van der Waals surface area contributed by atoms with Gasteiger partial charge in [0.25, 0.3) is 5.91 Å². The van der Waals surface area contributed by atoms with Crippen LogP contribution in [0.15, 0.2) is 65.3 Å². The fourth-order valence-electron chi connectivity index (χ4n) is 4.40. The third kappa shape index (κ3) is 4.00. The summed E-state index contributed by atoms with van der Waals surface area (Å²) in [6.07, 6.45) is 4.29. The van der Waals surface area contributed by atoms with Gasteiger partial charge in [-0.3, -0.25) is 14.6 Å². The van der Waals surface area contributed by atoms with Crippen LogP contribution >= 0.6 is 0 Å². The first-order chi connectivity index (χ1) is 14.7. The van der Waals surface area contributed by atoms with Gasteiger partial charge in [0.1, 0.15) is 11.6 Å². The summed E-state index contributed by atoms with van der Waals surface area (Å²) in [5.41, 5.74) is 2.61. The lowest BCUT2D eigenvalue weighted by Crippen LogP contribution is -2.39. The summed E-state index contributed by atoms with van der Waals surface area (Å²) < 4.78 is 27.4. The van der Waals surface area contributed by atoms with Crippen molar-refractivity contribution in [3.05, 3.63) is 82.5 Å².